The summed E-state index contributed by atoms with van der Waals surface area (Å²) in [6.07, 6.45) is 10.4. The Kier molecular flexibility index (Phi) is 11.3. The van der Waals surface area contributed by atoms with Crippen LogP contribution in [0.3, 0.4) is 0 Å². The molecule has 0 spiro atoms. The van der Waals surface area contributed by atoms with Gasteiger partial charge in [0.05, 0.1) is 5.52 Å². The smallest absolute Gasteiger partial charge is 0.443 e. The summed E-state index contributed by atoms with van der Waals surface area (Å²) in [6.45, 7) is 5.33. The molecule has 8 nitrogen and oxygen atoms in total. The van der Waals surface area contributed by atoms with E-state index < -0.39 is 18.8 Å². The number of thiophene rings is 2. The fraction of sp³-hybridized carbons (Fsp3) is 0.103. The molecule has 0 aliphatic carbocycles. The molecule has 0 fully saturated rings. The summed E-state index contributed by atoms with van der Waals surface area (Å²) in [5.74, 6) is 0. The lowest BCUT2D eigenvalue weighted by Crippen LogP contribution is -2.30. The van der Waals surface area contributed by atoms with E-state index in [0.717, 1.165) is 26.7 Å². The summed E-state index contributed by atoms with van der Waals surface area (Å²) in [7, 11) is -1.63. The van der Waals surface area contributed by atoms with Crippen molar-refractivity contribution in [2.45, 2.75) is 26.4 Å². The SMILES string of the molecule is Brc1cncc(-c2ccsc2)c1.CC(C)(C)OC(=O)n1cc(B(O)O)c2ccccc21.c1ccc2c(-c3cncc(-c4ccsc4)c3)c[nH]c2c1. The Morgan fingerprint density at radius 1 is 0.804 bits per heavy atom. The number of nitrogens with zero attached hydrogens (tertiary/aromatic N) is 3. The van der Waals surface area contributed by atoms with E-state index in [4.69, 9.17) is 4.74 Å². The van der Waals surface area contributed by atoms with Crippen LogP contribution in [0.5, 0.6) is 0 Å². The maximum absolute atomic E-state index is 12.1. The molecule has 0 aliphatic rings. The zero-order chi connectivity index (χ0) is 36.0. The number of halogens is 1. The first-order valence-corrected chi connectivity index (χ1v) is 18.6. The highest BCUT2D eigenvalue weighted by Crippen LogP contribution is 2.31. The van der Waals surface area contributed by atoms with Gasteiger partial charge in [0.1, 0.15) is 5.60 Å². The van der Waals surface area contributed by atoms with Crippen molar-refractivity contribution >= 4 is 79.1 Å². The van der Waals surface area contributed by atoms with Crippen molar-refractivity contribution in [1.82, 2.24) is 19.5 Å². The topological polar surface area (TPSA) is 113 Å². The number of hydrogen-bond donors (Lipinski definition) is 3. The van der Waals surface area contributed by atoms with Gasteiger partial charge in [-0.2, -0.15) is 22.7 Å². The summed E-state index contributed by atoms with van der Waals surface area (Å²) < 4.78 is 7.59. The quantitative estimate of drug-likeness (QED) is 0.154. The molecule has 0 aliphatic heterocycles. The monoisotopic (exact) mass is 776 g/mol. The second kappa shape index (κ2) is 16.0. The number of para-hydroxylation sites is 2. The number of pyridine rings is 2. The molecule has 0 radical (unpaired) electrons. The lowest BCUT2D eigenvalue weighted by molar-refractivity contribution is 0.0544. The van der Waals surface area contributed by atoms with Gasteiger partial charge in [-0.15, -0.1) is 0 Å². The van der Waals surface area contributed by atoms with E-state index in [1.807, 2.05) is 24.7 Å². The van der Waals surface area contributed by atoms with E-state index in [1.54, 1.807) is 73.9 Å². The Morgan fingerprint density at radius 2 is 1.41 bits per heavy atom. The number of nitrogens with one attached hydrogen (secondary N) is 1. The molecule has 6 heterocycles. The van der Waals surface area contributed by atoms with Crippen molar-refractivity contribution in [1.29, 1.82) is 0 Å². The third-order valence-corrected chi connectivity index (χ3v) is 9.46. The molecule has 12 heteroatoms. The van der Waals surface area contributed by atoms with E-state index in [0.29, 0.717) is 10.9 Å². The number of hydrogen-bond acceptors (Lipinski definition) is 8. The number of fused-ring (bicyclic) bond motifs is 2. The van der Waals surface area contributed by atoms with Crippen LogP contribution in [0.4, 0.5) is 4.79 Å². The molecule has 256 valence electrons. The van der Waals surface area contributed by atoms with Gasteiger partial charge in [0.15, 0.2) is 0 Å². The molecule has 0 saturated heterocycles. The van der Waals surface area contributed by atoms with Crippen LogP contribution in [0, 0.1) is 0 Å². The van der Waals surface area contributed by atoms with Crippen molar-refractivity contribution in [3.05, 3.63) is 136 Å². The molecule has 3 N–H and O–H groups in total. The molecule has 2 aromatic carbocycles. The molecule has 51 heavy (non-hydrogen) atoms. The standard InChI is InChI=1S/C17H12N2S.C13H16BNO4.C9H6BrNS/c1-2-4-17-15(3-1)16(10-19-17)14-7-13(8-18-9-14)12-5-6-20-11-12;1-13(2,3)19-12(16)15-8-10(14(17)18)9-6-4-5-7-11(9)15;10-9-3-8(4-11-5-9)7-1-2-12-6-7/h1-11,19H;4-8,17-18H,1-3H3;1-6H. The zero-order valence-electron chi connectivity index (χ0n) is 28.0. The third kappa shape index (κ3) is 8.91. The number of rotatable bonds is 4. The molecule has 0 amide bonds. The minimum absolute atomic E-state index is 0.279. The predicted molar refractivity (Wildman–Crippen MR) is 213 cm³/mol. The van der Waals surface area contributed by atoms with E-state index in [2.05, 4.69) is 101 Å². The average Bonchev–Trinajstić information content (AvgIpc) is 3.95. The minimum Gasteiger partial charge on any atom is -0.443 e. The summed E-state index contributed by atoms with van der Waals surface area (Å²) in [4.78, 5) is 23.9. The Labute approximate surface area is 312 Å². The van der Waals surface area contributed by atoms with Crippen LogP contribution >= 0.6 is 38.6 Å². The highest BCUT2D eigenvalue weighted by molar-refractivity contribution is 9.10. The Bertz CT molecular complexity index is 2360. The number of carbonyl (C=O) groups excluding carboxylic acids is 1. The molecule has 8 rings (SSSR count). The van der Waals surface area contributed by atoms with Crippen molar-refractivity contribution in [3.63, 3.8) is 0 Å². The van der Waals surface area contributed by atoms with Crippen molar-refractivity contribution in [2.24, 2.45) is 0 Å². The number of H-pyrrole nitrogens is 1. The van der Waals surface area contributed by atoms with Crippen LogP contribution in [0.2, 0.25) is 0 Å². The van der Waals surface area contributed by atoms with E-state index in [1.165, 1.54) is 32.8 Å². The highest BCUT2D eigenvalue weighted by atomic mass is 79.9. The first kappa shape index (κ1) is 36.0. The lowest BCUT2D eigenvalue weighted by atomic mass is 9.80. The highest BCUT2D eigenvalue weighted by Gasteiger charge is 2.24. The maximum atomic E-state index is 12.1. The largest absolute Gasteiger partial charge is 0.490 e. The van der Waals surface area contributed by atoms with Crippen LogP contribution in [0.15, 0.2) is 136 Å². The van der Waals surface area contributed by atoms with Crippen LogP contribution in [-0.4, -0.2) is 48.4 Å². The number of aromatic amines is 1. The van der Waals surface area contributed by atoms with E-state index >= 15 is 0 Å². The van der Waals surface area contributed by atoms with E-state index in [9.17, 15) is 14.8 Å². The summed E-state index contributed by atoms with van der Waals surface area (Å²) in [5.41, 5.74) is 8.53. The minimum atomic E-state index is -1.63. The molecule has 6 aromatic heterocycles. The van der Waals surface area contributed by atoms with Gasteiger partial charge in [-0.05, 0) is 111 Å². The molecule has 0 unspecified atom stereocenters. The Hall–Kier alpha value is -4.85. The molecule has 0 saturated carbocycles. The van der Waals surface area contributed by atoms with Gasteiger partial charge in [0.25, 0.3) is 0 Å². The fourth-order valence-electron chi connectivity index (χ4n) is 5.36. The molecule has 0 atom stereocenters. The zero-order valence-corrected chi connectivity index (χ0v) is 31.2. The van der Waals surface area contributed by atoms with E-state index in [-0.39, 0.29) is 5.46 Å². The van der Waals surface area contributed by atoms with Gasteiger partial charge in [-0.25, -0.2) is 4.79 Å². The number of aromatic nitrogens is 4. The van der Waals surface area contributed by atoms with Crippen molar-refractivity contribution in [2.75, 3.05) is 0 Å². The molecule has 0 bridgehead atoms. The average molecular weight is 778 g/mol. The lowest BCUT2D eigenvalue weighted by Gasteiger charge is -2.19. The summed E-state index contributed by atoms with van der Waals surface area (Å²) >= 11 is 6.79. The second-order valence-corrected chi connectivity index (χ2v) is 14.9. The van der Waals surface area contributed by atoms with Gasteiger partial charge in [-0.1, -0.05) is 36.4 Å². The number of benzene rings is 2. The fourth-order valence-corrected chi connectivity index (χ4v) is 7.05. The van der Waals surface area contributed by atoms with Gasteiger partial charge >= 0.3 is 13.2 Å². The molecular weight excluding hydrogens is 743 g/mol. The summed E-state index contributed by atoms with van der Waals surface area (Å²) in [6, 6.07) is 23.8. The van der Waals surface area contributed by atoms with Crippen LogP contribution in [0.25, 0.3) is 55.2 Å². The first-order chi connectivity index (χ1) is 24.6. The molecular formula is C39H34BBrN4O4S2. The Morgan fingerprint density at radius 3 is 2.04 bits per heavy atom. The predicted octanol–water partition coefficient (Wildman–Crippen LogP) is 9.64. The maximum Gasteiger partial charge on any atom is 0.490 e. The van der Waals surface area contributed by atoms with Crippen molar-refractivity contribution in [3.8, 4) is 33.4 Å². The van der Waals surface area contributed by atoms with Crippen molar-refractivity contribution < 1.29 is 19.6 Å². The van der Waals surface area contributed by atoms with Gasteiger partial charge in [-0.3, -0.25) is 14.5 Å². The van der Waals surface area contributed by atoms with Crippen LogP contribution < -0.4 is 5.46 Å². The normalized spacial score (nSPS) is 11.0. The van der Waals surface area contributed by atoms with Crippen LogP contribution in [0.1, 0.15) is 20.8 Å². The Balaban J connectivity index is 0.000000136. The number of carbonyl (C=O) groups is 1. The summed E-state index contributed by atoms with van der Waals surface area (Å²) in [5, 5.41) is 28.9. The number of ether oxygens (including phenoxy) is 1. The van der Waals surface area contributed by atoms with Gasteiger partial charge < -0.3 is 19.8 Å². The third-order valence-electron chi connectivity index (χ3n) is 7.66. The first-order valence-electron chi connectivity index (χ1n) is 15.9. The second-order valence-electron chi connectivity index (χ2n) is 12.5. The van der Waals surface area contributed by atoms with Crippen LogP contribution in [-0.2, 0) is 4.74 Å². The molecule has 8 aromatic rings. The van der Waals surface area contributed by atoms with Gasteiger partial charge in [0, 0.05) is 80.3 Å². The van der Waals surface area contributed by atoms with Gasteiger partial charge in [0.2, 0.25) is 0 Å².